The summed E-state index contributed by atoms with van der Waals surface area (Å²) in [4.78, 5) is 5.39. The fourth-order valence-corrected chi connectivity index (χ4v) is 3.19. The van der Waals surface area contributed by atoms with E-state index < -0.39 is 0 Å². The van der Waals surface area contributed by atoms with Gasteiger partial charge < -0.3 is 9.88 Å². The maximum Gasteiger partial charge on any atom is 0.147 e. The molecule has 0 amide bonds. The number of halogens is 1. The van der Waals surface area contributed by atoms with Crippen molar-refractivity contribution in [1.29, 1.82) is 0 Å². The van der Waals surface area contributed by atoms with Crippen molar-refractivity contribution >= 4 is 10.9 Å². The second-order valence-electron chi connectivity index (χ2n) is 5.53. The molecule has 1 saturated carbocycles. The normalized spacial score (nSPS) is 24.2. The maximum absolute atomic E-state index is 13.7. The number of benzene rings is 1. The zero-order valence-electron chi connectivity index (χ0n) is 10.9. The van der Waals surface area contributed by atoms with Gasteiger partial charge in [0.05, 0.1) is 5.52 Å². The Kier molecular flexibility index (Phi) is 2.86. The van der Waals surface area contributed by atoms with Gasteiger partial charge in [-0.25, -0.2) is 4.39 Å². The molecular formula is C15H19FN2. The molecular weight excluding hydrogens is 227 g/mol. The van der Waals surface area contributed by atoms with Crippen LogP contribution in [0.1, 0.15) is 30.7 Å². The van der Waals surface area contributed by atoms with Crippen molar-refractivity contribution in [2.24, 2.45) is 0 Å². The van der Waals surface area contributed by atoms with E-state index in [4.69, 9.17) is 0 Å². The molecule has 18 heavy (non-hydrogen) atoms. The summed E-state index contributed by atoms with van der Waals surface area (Å²) in [6, 6.07) is 5.99. The second-order valence-corrected chi connectivity index (χ2v) is 5.53. The Bertz CT molecular complexity index is 559. The second kappa shape index (κ2) is 4.39. The Morgan fingerprint density at radius 2 is 2.11 bits per heavy atom. The molecule has 96 valence electrons. The highest BCUT2D eigenvalue weighted by molar-refractivity contribution is 5.84. The molecule has 2 nitrogen and oxygen atoms in total. The Morgan fingerprint density at radius 1 is 1.28 bits per heavy atom. The van der Waals surface area contributed by atoms with Gasteiger partial charge in [-0.3, -0.25) is 0 Å². The zero-order chi connectivity index (χ0) is 12.7. The fraction of sp³-hybridized carbons (Fsp3) is 0.467. The third kappa shape index (κ3) is 1.83. The van der Waals surface area contributed by atoms with Crippen molar-refractivity contribution in [2.45, 2.75) is 31.2 Å². The number of aromatic amines is 1. The molecule has 2 aromatic rings. The van der Waals surface area contributed by atoms with E-state index in [1.807, 2.05) is 12.3 Å². The summed E-state index contributed by atoms with van der Waals surface area (Å²) >= 11 is 0. The summed E-state index contributed by atoms with van der Waals surface area (Å²) in [7, 11) is 4.28. The molecule has 1 aliphatic carbocycles. The molecule has 2 unspecified atom stereocenters. The molecule has 0 aliphatic heterocycles. The molecule has 3 heteroatoms. The first-order chi connectivity index (χ1) is 8.66. The quantitative estimate of drug-likeness (QED) is 0.859. The van der Waals surface area contributed by atoms with Gasteiger partial charge in [0.2, 0.25) is 0 Å². The minimum Gasteiger partial charge on any atom is -0.359 e. The zero-order valence-corrected chi connectivity index (χ0v) is 10.9. The van der Waals surface area contributed by atoms with E-state index in [1.54, 1.807) is 6.07 Å². The molecule has 1 aromatic carbocycles. The average Bonchev–Trinajstić information content (AvgIpc) is 2.94. The van der Waals surface area contributed by atoms with E-state index in [2.05, 4.69) is 24.0 Å². The fourth-order valence-electron chi connectivity index (χ4n) is 3.19. The number of nitrogens with zero attached hydrogens (tertiary/aromatic N) is 1. The van der Waals surface area contributed by atoms with Crippen LogP contribution in [0.2, 0.25) is 0 Å². The topological polar surface area (TPSA) is 19.0 Å². The molecule has 0 saturated heterocycles. The monoisotopic (exact) mass is 246 g/mol. The number of hydrogen-bond donors (Lipinski definition) is 1. The lowest BCUT2D eigenvalue weighted by atomic mass is 9.97. The van der Waals surface area contributed by atoms with Crippen LogP contribution in [0, 0.1) is 5.82 Å². The van der Waals surface area contributed by atoms with Gasteiger partial charge in [0.25, 0.3) is 0 Å². The van der Waals surface area contributed by atoms with Crippen molar-refractivity contribution in [3.8, 4) is 0 Å². The van der Waals surface area contributed by atoms with Crippen LogP contribution in [0.4, 0.5) is 4.39 Å². The predicted molar refractivity (Wildman–Crippen MR) is 72.3 cm³/mol. The number of H-pyrrole nitrogens is 1. The van der Waals surface area contributed by atoms with Crippen LogP contribution in [0.3, 0.4) is 0 Å². The van der Waals surface area contributed by atoms with Crippen LogP contribution in [0.5, 0.6) is 0 Å². The molecule has 0 bridgehead atoms. The highest BCUT2D eigenvalue weighted by Crippen LogP contribution is 2.39. The molecule has 1 N–H and O–H groups in total. The summed E-state index contributed by atoms with van der Waals surface area (Å²) in [5, 5.41) is 1.06. The summed E-state index contributed by atoms with van der Waals surface area (Å²) in [5.41, 5.74) is 1.94. The standard InChI is InChI=1S/C15H19FN2/c1-18(2)11-7-6-10(8-11)13-9-17-15-12(13)4-3-5-14(15)16/h3-5,9-11,17H,6-8H2,1-2H3. The molecule has 2 atom stereocenters. The molecule has 1 fully saturated rings. The SMILES string of the molecule is CN(C)C1CCC(c2c[nH]c3c(F)cccc23)C1. The van der Waals surface area contributed by atoms with Crippen LogP contribution in [-0.4, -0.2) is 30.0 Å². The Balaban J connectivity index is 1.94. The van der Waals surface area contributed by atoms with Crippen LogP contribution in [0.15, 0.2) is 24.4 Å². The van der Waals surface area contributed by atoms with Gasteiger partial charge in [0.15, 0.2) is 0 Å². The van der Waals surface area contributed by atoms with Crippen LogP contribution in [0.25, 0.3) is 10.9 Å². The van der Waals surface area contributed by atoms with Gasteiger partial charge in [0, 0.05) is 17.6 Å². The number of para-hydroxylation sites is 1. The molecule has 1 aromatic heterocycles. The molecule has 1 aliphatic rings. The predicted octanol–water partition coefficient (Wildman–Crippen LogP) is 3.50. The lowest BCUT2D eigenvalue weighted by molar-refractivity contribution is 0.297. The number of hydrogen-bond acceptors (Lipinski definition) is 1. The first-order valence-electron chi connectivity index (χ1n) is 6.58. The van der Waals surface area contributed by atoms with Crippen molar-refractivity contribution in [3.63, 3.8) is 0 Å². The highest BCUT2D eigenvalue weighted by atomic mass is 19.1. The van der Waals surface area contributed by atoms with Crippen LogP contribution in [-0.2, 0) is 0 Å². The van der Waals surface area contributed by atoms with Crippen molar-refractivity contribution in [2.75, 3.05) is 14.1 Å². The van der Waals surface area contributed by atoms with E-state index in [0.29, 0.717) is 17.5 Å². The molecule has 3 rings (SSSR count). The van der Waals surface area contributed by atoms with Crippen LogP contribution >= 0.6 is 0 Å². The van der Waals surface area contributed by atoms with E-state index in [0.717, 1.165) is 5.39 Å². The summed E-state index contributed by atoms with van der Waals surface area (Å²) in [6.07, 6.45) is 5.61. The van der Waals surface area contributed by atoms with E-state index in [1.165, 1.54) is 30.9 Å². The first kappa shape index (κ1) is 11.7. The van der Waals surface area contributed by atoms with Gasteiger partial charge in [-0.15, -0.1) is 0 Å². The minimum absolute atomic E-state index is 0.152. The number of nitrogens with one attached hydrogen (secondary N) is 1. The molecule has 0 spiro atoms. The third-order valence-corrected chi connectivity index (χ3v) is 4.27. The van der Waals surface area contributed by atoms with Gasteiger partial charge in [-0.1, -0.05) is 12.1 Å². The van der Waals surface area contributed by atoms with Gasteiger partial charge in [0.1, 0.15) is 5.82 Å². The summed E-state index contributed by atoms with van der Waals surface area (Å²) in [6.45, 7) is 0. The van der Waals surface area contributed by atoms with E-state index in [9.17, 15) is 4.39 Å². The summed E-state index contributed by atoms with van der Waals surface area (Å²) in [5.74, 6) is 0.411. The van der Waals surface area contributed by atoms with Gasteiger partial charge >= 0.3 is 0 Å². The van der Waals surface area contributed by atoms with Crippen LogP contribution < -0.4 is 0 Å². The number of rotatable bonds is 2. The van der Waals surface area contributed by atoms with E-state index in [-0.39, 0.29) is 5.82 Å². The van der Waals surface area contributed by atoms with E-state index >= 15 is 0 Å². The summed E-state index contributed by atoms with van der Waals surface area (Å²) < 4.78 is 13.7. The molecule has 0 radical (unpaired) electrons. The molecule has 1 heterocycles. The van der Waals surface area contributed by atoms with Crippen molar-refractivity contribution in [1.82, 2.24) is 9.88 Å². The van der Waals surface area contributed by atoms with Crippen molar-refractivity contribution in [3.05, 3.63) is 35.8 Å². The Hall–Kier alpha value is -1.35. The average molecular weight is 246 g/mol. The lowest BCUT2D eigenvalue weighted by Gasteiger charge is -2.18. The number of aromatic nitrogens is 1. The smallest absolute Gasteiger partial charge is 0.147 e. The van der Waals surface area contributed by atoms with Gasteiger partial charge in [-0.2, -0.15) is 0 Å². The van der Waals surface area contributed by atoms with Gasteiger partial charge in [-0.05, 0) is 50.9 Å². The first-order valence-corrected chi connectivity index (χ1v) is 6.58. The maximum atomic E-state index is 13.7. The van der Waals surface area contributed by atoms with Crippen molar-refractivity contribution < 1.29 is 4.39 Å². The third-order valence-electron chi connectivity index (χ3n) is 4.27. The minimum atomic E-state index is -0.152. The largest absolute Gasteiger partial charge is 0.359 e. The Labute approximate surface area is 107 Å². The Morgan fingerprint density at radius 3 is 2.83 bits per heavy atom. The number of fused-ring (bicyclic) bond motifs is 1. The highest BCUT2D eigenvalue weighted by Gasteiger charge is 2.28. The lowest BCUT2D eigenvalue weighted by Crippen LogP contribution is -2.24.